The second-order valence-corrected chi connectivity index (χ2v) is 12.1. The van der Waals surface area contributed by atoms with Gasteiger partial charge >= 0.3 is 0 Å². The van der Waals surface area contributed by atoms with Crippen LogP contribution >= 0.6 is 0 Å². The third-order valence-electron chi connectivity index (χ3n) is 9.96. The average molecular weight is 431 g/mol. The standard InChI is InChI=1S/C28H46O3/c1-18(2)19(3)17-31-20(4)23-10-11-24-22(7-6-12-27(23,24)5)9-8-21-15-25(29)28(13-14-28)26(30)16-21/h8-9,18-20,23-26,29-30H,6-7,10-17H2,1-5H3/b22-9+/t19-,20?,23?,24?,25+,26+,27?/m0/s1. The van der Waals surface area contributed by atoms with E-state index in [-0.39, 0.29) is 17.6 Å². The summed E-state index contributed by atoms with van der Waals surface area (Å²) in [6.45, 7) is 12.6. The molecule has 0 radical (unpaired) electrons. The van der Waals surface area contributed by atoms with Crippen molar-refractivity contribution in [2.24, 2.45) is 34.5 Å². The van der Waals surface area contributed by atoms with Crippen LogP contribution in [-0.2, 0) is 4.74 Å². The van der Waals surface area contributed by atoms with E-state index in [1.807, 2.05) is 0 Å². The van der Waals surface area contributed by atoms with Gasteiger partial charge in [0, 0.05) is 12.0 Å². The van der Waals surface area contributed by atoms with Crippen molar-refractivity contribution in [1.29, 1.82) is 0 Å². The summed E-state index contributed by atoms with van der Waals surface area (Å²) in [5.74, 6) is 2.57. The zero-order valence-electron chi connectivity index (χ0n) is 20.6. The van der Waals surface area contributed by atoms with E-state index in [0.29, 0.717) is 35.2 Å². The summed E-state index contributed by atoms with van der Waals surface area (Å²) < 4.78 is 6.42. The molecular weight excluding hydrogens is 384 g/mol. The summed E-state index contributed by atoms with van der Waals surface area (Å²) >= 11 is 0. The molecule has 2 N–H and O–H groups in total. The van der Waals surface area contributed by atoms with Crippen molar-refractivity contribution in [3.63, 3.8) is 0 Å². The first kappa shape index (κ1) is 23.5. The molecule has 4 saturated carbocycles. The van der Waals surface area contributed by atoms with E-state index in [1.54, 1.807) is 5.57 Å². The zero-order chi connectivity index (χ0) is 22.4. The molecule has 0 aromatic carbocycles. The van der Waals surface area contributed by atoms with Crippen molar-refractivity contribution in [1.82, 2.24) is 0 Å². The summed E-state index contributed by atoms with van der Waals surface area (Å²) in [5.41, 5.74) is 3.00. The van der Waals surface area contributed by atoms with Gasteiger partial charge in [-0.05, 0) is 93.8 Å². The zero-order valence-corrected chi connectivity index (χ0v) is 20.6. The quantitative estimate of drug-likeness (QED) is 0.539. The van der Waals surface area contributed by atoms with Crippen molar-refractivity contribution < 1.29 is 14.9 Å². The predicted molar refractivity (Wildman–Crippen MR) is 127 cm³/mol. The van der Waals surface area contributed by atoms with E-state index in [1.165, 1.54) is 37.7 Å². The van der Waals surface area contributed by atoms with Crippen molar-refractivity contribution in [2.75, 3.05) is 6.61 Å². The van der Waals surface area contributed by atoms with E-state index in [4.69, 9.17) is 4.74 Å². The number of aliphatic hydroxyl groups is 2. The Labute approximate surface area is 190 Å². The van der Waals surface area contributed by atoms with Crippen molar-refractivity contribution in [3.8, 4) is 0 Å². The van der Waals surface area contributed by atoms with Crippen LogP contribution in [0.5, 0.6) is 0 Å². The lowest BCUT2D eigenvalue weighted by Crippen LogP contribution is -2.39. The fourth-order valence-corrected chi connectivity index (χ4v) is 7.04. The molecule has 0 bridgehead atoms. The second kappa shape index (κ2) is 8.95. The molecule has 4 rings (SSSR count). The topological polar surface area (TPSA) is 49.7 Å². The maximum atomic E-state index is 10.6. The number of hydrogen-bond acceptors (Lipinski definition) is 3. The van der Waals surface area contributed by atoms with Crippen LogP contribution < -0.4 is 0 Å². The number of aliphatic hydroxyl groups excluding tert-OH is 2. The number of ether oxygens (including phenoxy) is 1. The van der Waals surface area contributed by atoms with Gasteiger partial charge in [0.1, 0.15) is 0 Å². The highest BCUT2D eigenvalue weighted by Crippen LogP contribution is 2.59. The Bertz CT molecular complexity index is 687. The van der Waals surface area contributed by atoms with Crippen LogP contribution in [0.4, 0.5) is 0 Å². The lowest BCUT2D eigenvalue weighted by Gasteiger charge is -2.44. The molecule has 0 aromatic rings. The monoisotopic (exact) mass is 430 g/mol. The molecule has 3 heteroatoms. The van der Waals surface area contributed by atoms with Gasteiger partial charge in [0.05, 0.1) is 18.3 Å². The first-order valence-electron chi connectivity index (χ1n) is 13.0. The molecule has 31 heavy (non-hydrogen) atoms. The third kappa shape index (κ3) is 4.44. The molecule has 4 aliphatic carbocycles. The fraction of sp³-hybridized carbons (Fsp3) is 0.857. The van der Waals surface area contributed by atoms with Crippen LogP contribution in [0.2, 0.25) is 0 Å². The van der Waals surface area contributed by atoms with E-state index >= 15 is 0 Å². The maximum Gasteiger partial charge on any atom is 0.0658 e. The number of fused-ring (bicyclic) bond motifs is 1. The van der Waals surface area contributed by atoms with Gasteiger partial charge in [0.25, 0.3) is 0 Å². The van der Waals surface area contributed by atoms with Gasteiger partial charge in [-0.15, -0.1) is 0 Å². The molecule has 4 fully saturated rings. The Morgan fingerprint density at radius 1 is 1.00 bits per heavy atom. The van der Waals surface area contributed by atoms with Gasteiger partial charge < -0.3 is 14.9 Å². The van der Waals surface area contributed by atoms with Gasteiger partial charge in [-0.1, -0.05) is 51.0 Å². The molecular formula is C28H46O3. The Kier molecular flexibility index (Phi) is 6.79. The minimum absolute atomic E-state index is 0.171. The molecule has 7 atom stereocenters. The molecule has 0 amide bonds. The molecule has 3 nitrogen and oxygen atoms in total. The lowest BCUT2D eigenvalue weighted by molar-refractivity contribution is -0.0403. The van der Waals surface area contributed by atoms with E-state index < -0.39 is 0 Å². The summed E-state index contributed by atoms with van der Waals surface area (Å²) in [5, 5.41) is 21.1. The largest absolute Gasteiger partial charge is 0.392 e. The predicted octanol–water partition coefficient (Wildman–Crippen LogP) is 6.05. The van der Waals surface area contributed by atoms with Crippen LogP contribution in [0.1, 0.15) is 92.4 Å². The van der Waals surface area contributed by atoms with E-state index in [9.17, 15) is 10.2 Å². The van der Waals surface area contributed by atoms with Gasteiger partial charge in [0.15, 0.2) is 0 Å². The van der Waals surface area contributed by atoms with Crippen molar-refractivity contribution in [2.45, 2.75) is 111 Å². The number of rotatable bonds is 6. The highest BCUT2D eigenvalue weighted by atomic mass is 16.5. The highest BCUT2D eigenvalue weighted by molar-refractivity contribution is 5.28. The molecule has 0 aromatic heterocycles. The summed E-state index contributed by atoms with van der Waals surface area (Å²) in [4.78, 5) is 0. The number of hydrogen-bond donors (Lipinski definition) is 2. The normalized spacial score (nSPS) is 40.3. The molecule has 0 saturated heterocycles. The molecule has 4 unspecified atom stereocenters. The van der Waals surface area contributed by atoms with Crippen LogP contribution in [0.3, 0.4) is 0 Å². The summed E-state index contributed by atoms with van der Waals surface area (Å²) in [6.07, 6.45) is 14.0. The maximum absolute atomic E-state index is 10.6. The third-order valence-corrected chi connectivity index (χ3v) is 9.96. The van der Waals surface area contributed by atoms with Gasteiger partial charge in [0.2, 0.25) is 0 Å². The molecule has 0 aliphatic heterocycles. The smallest absolute Gasteiger partial charge is 0.0658 e. The first-order valence-corrected chi connectivity index (χ1v) is 13.0. The molecule has 4 aliphatic rings. The SMILES string of the molecule is CC(OC[C@H](C)C(C)C)C1CCC2/C(=C/C=C3C[C@@H](O)C4(CC4)[C@H](O)C3)CCCC21C. The Hall–Kier alpha value is -0.640. The fourth-order valence-electron chi connectivity index (χ4n) is 7.04. The number of allylic oxidation sites excluding steroid dienone is 3. The molecule has 0 heterocycles. The minimum atomic E-state index is -0.361. The minimum Gasteiger partial charge on any atom is -0.392 e. The molecule has 176 valence electrons. The van der Waals surface area contributed by atoms with Gasteiger partial charge in [-0.3, -0.25) is 0 Å². The summed E-state index contributed by atoms with van der Waals surface area (Å²) in [7, 11) is 0. The van der Waals surface area contributed by atoms with E-state index in [2.05, 4.69) is 46.8 Å². The van der Waals surface area contributed by atoms with Crippen LogP contribution in [0.15, 0.2) is 23.3 Å². The van der Waals surface area contributed by atoms with Crippen molar-refractivity contribution in [3.05, 3.63) is 23.3 Å². The Balaban J connectivity index is 1.42. The average Bonchev–Trinajstić information content (AvgIpc) is 3.45. The Morgan fingerprint density at radius 2 is 1.68 bits per heavy atom. The lowest BCUT2D eigenvalue weighted by atomic mass is 9.62. The van der Waals surface area contributed by atoms with Crippen LogP contribution in [-0.4, -0.2) is 35.1 Å². The second-order valence-electron chi connectivity index (χ2n) is 12.1. The van der Waals surface area contributed by atoms with Gasteiger partial charge in [-0.25, -0.2) is 0 Å². The highest BCUT2D eigenvalue weighted by Gasteiger charge is 2.56. The van der Waals surface area contributed by atoms with Crippen LogP contribution in [0.25, 0.3) is 0 Å². The first-order chi connectivity index (χ1) is 14.7. The van der Waals surface area contributed by atoms with Gasteiger partial charge in [-0.2, -0.15) is 0 Å². The Morgan fingerprint density at radius 3 is 2.29 bits per heavy atom. The van der Waals surface area contributed by atoms with Crippen molar-refractivity contribution >= 4 is 0 Å². The molecule has 1 spiro atoms. The van der Waals surface area contributed by atoms with Crippen LogP contribution in [0, 0.1) is 34.5 Å². The summed E-state index contributed by atoms with van der Waals surface area (Å²) in [6, 6.07) is 0. The van der Waals surface area contributed by atoms with E-state index in [0.717, 1.165) is 32.3 Å².